The minimum Gasteiger partial charge on any atom is -0.452 e. The van der Waals surface area contributed by atoms with Gasteiger partial charge in [0.25, 0.3) is 17.4 Å². The fourth-order valence-electron chi connectivity index (χ4n) is 2.05. The summed E-state index contributed by atoms with van der Waals surface area (Å²) in [6.45, 7) is -0.576. The number of ether oxygens (including phenoxy) is 1. The van der Waals surface area contributed by atoms with E-state index >= 15 is 0 Å². The number of nitro benzene ring substituents is 1. The van der Waals surface area contributed by atoms with E-state index in [-0.39, 0.29) is 11.3 Å². The number of esters is 1. The molecule has 2 aromatic carbocycles. The fourth-order valence-corrected chi connectivity index (χ4v) is 2.55. The summed E-state index contributed by atoms with van der Waals surface area (Å²) >= 11 is 0.381. The SMILES string of the molecule is O=C(COC(=O)/C=C/c1ccccc1[N+](=O)[O-])Nc1ccc(SC(F)F)cc1. The molecule has 0 saturated carbocycles. The predicted molar refractivity (Wildman–Crippen MR) is 100 cm³/mol. The maximum atomic E-state index is 12.2. The summed E-state index contributed by atoms with van der Waals surface area (Å²) in [6.07, 6.45) is 2.20. The number of carbonyl (C=O) groups is 2. The average Bonchev–Trinajstić information content (AvgIpc) is 2.66. The first-order valence-electron chi connectivity index (χ1n) is 7.78. The van der Waals surface area contributed by atoms with Gasteiger partial charge in [-0.05, 0) is 36.4 Å². The molecule has 0 aliphatic rings. The lowest BCUT2D eigenvalue weighted by atomic mass is 10.1. The number of thioether (sulfide) groups is 1. The van der Waals surface area contributed by atoms with Crippen LogP contribution in [0.15, 0.2) is 59.5 Å². The van der Waals surface area contributed by atoms with E-state index in [9.17, 15) is 28.5 Å². The number of halogens is 2. The monoisotopic (exact) mass is 408 g/mol. The van der Waals surface area contributed by atoms with Crippen molar-refractivity contribution in [1.82, 2.24) is 0 Å². The van der Waals surface area contributed by atoms with Crippen LogP contribution in [0.1, 0.15) is 5.56 Å². The number of nitro groups is 1. The standard InChI is InChI=1S/C18H14F2N2O5S/c19-18(20)28-14-8-6-13(7-9-14)21-16(23)11-27-17(24)10-5-12-3-1-2-4-15(12)22(25)26/h1-10,18H,11H2,(H,21,23)/b10-5+. The van der Waals surface area contributed by atoms with E-state index in [2.05, 4.69) is 5.32 Å². The molecule has 0 unspecified atom stereocenters. The quantitative estimate of drug-likeness (QED) is 0.232. The van der Waals surface area contributed by atoms with Crippen LogP contribution in [0.2, 0.25) is 0 Å². The molecule has 146 valence electrons. The number of carbonyl (C=O) groups excluding carboxylic acids is 2. The molecule has 0 radical (unpaired) electrons. The van der Waals surface area contributed by atoms with E-state index in [1.165, 1.54) is 48.5 Å². The van der Waals surface area contributed by atoms with E-state index in [1.807, 2.05) is 0 Å². The number of para-hydroxylation sites is 1. The third kappa shape index (κ3) is 6.80. The van der Waals surface area contributed by atoms with E-state index in [0.29, 0.717) is 22.3 Å². The van der Waals surface area contributed by atoms with E-state index in [4.69, 9.17) is 4.74 Å². The molecule has 10 heteroatoms. The Kier molecular flexibility index (Phi) is 7.64. The van der Waals surface area contributed by atoms with Crippen LogP contribution in [-0.4, -0.2) is 29.2 Å². The van der Waals surface area contributed by atoms with Crippen molar-refractivity contribution >= 4 is 41.1 Å². The van der Waals surface area contributed by atoms with Crippen LogP contribution in [0, 0.1) is 10.1 Å². The Hall–Kier alpha value is -3.27. The number of benzene rings is 2. The number of nitrogens with zero attached hydrogens (tertiary/aromatic N) is 1. The number of rotatable bonds is 8. The van der Waals surface area contributed by atoms with Crippen LogP contribution in [0.25, 0.3) is 6.08 Å². The number of hydrogen-bond acceptors (Lipinski definition) is 6. The first-order chi connectivity index (χ1) is 13.3. The van der Waals surface area contributed by atoms with Crippen molar-refractivity contribution in [3.63, 3.8) is 0 Å². The summed E-state index contributed by atoms with van der Waals surface area (Å²) < 4.78 is 29.3. The summed E-state index contributed by atoms with van der Waals surface area (Å²) in [6, 6.07) is 11.6. The fraction of sp³-hybridized carbons (Fsp3) is 0.111. The van der Waals surface area contributed by atoms with Gasteiger partial charge in [-0.3, -0.25) is 14.9 Å². The topological polar surface area (TPSA) is 98.5 Å². The molecular weight excluding hydrogens is 394 g/mol. The van der Waals surface area contributed by atoms with E-state index in [0.717, 1.165) is 6.08 Å². The second-order valence-corrected chi connectivity index (χ2v) is 6.27. The third-order valence-corrected chi connectivity index (χ3v) is 3.96. The van der Waals surface area contributed by atoms with E-state index in [1.54, 1.807) is 6.07 Å². The second kappa shape index (κ2) is 10.2. The molecule has 7 nitrogen and oxygen atoms in total. The van der Waals surface area contributed by atoms with Crippen molar-refractivity contribution < 1.29 is 28.0 Å². The summed E-state index contributed by atoms with van der Waals surface area (Å²) in [5.74, 6) is -4.01. The van der Waals surface area contributed by atoms with Crippen LogP contribution >= 0.6 is 11.8 Å². The highest BCUT2D eigenvalue weighted by Gasteiger charge is 2.11. The lowest BCUT2D eigenvalue weighted by molar-refractivity contribution is -0.385. The van der Waals surface area contributed by atoms with Gasteiger partial charge in [0.15, 0.2) is 6.61 Å². The van der Waals surface area contributed by atoms with Crippen LogP contribution < -0.4 is 5.32 Å². The van der Waals surface area contributed by atoms with Gasteiger partial charge >= 0.3 is 5.97 Å². The highest BCUT2D eigenvalue weighted by Crippen LogP contribution is 2.26. The Labute approximate surface area is 162 Å². The number of alkyl halides is 2. The van der Waals surface area contributed by atoms with Gasteiger partial charge in [-0.2, -0.15) is 8.78 Å². The van der Waals surface area contributed by atoms with Gasteiger partial charge in [0, 0.05) is 22.7 Å². The molecule has 0 saturated heterocycles. The normalized spacial score (nSPS) is 10.8. The number of hydrogen-bond donors (Lipinski definition) is 1. The van der Waals surface area contributed by atoms with E-state index < -0.39 is 29.2 Å². The predicted octanol–water partition coefficient (Wildman–Crippen LogP) is 4.10. The van der Waals surface area contributed by atoms with Gasteiger partial charge in [-0.15, -0.1) is 0 Å². The zero-order chi connectivity index (χ0) is 20.5. The first-order valence-corrected chi connectivity index (χ1v) is 8.66. The number of anilines is 1. The van der Waals surface area contributed by atoms with Crippen molar-refractivity contribution in [2.45, 2.75) is 10.7 Å². The molecule has 1 N–H and O–H groups in total. The maximum Gasteiger partial charge on any atom is 0.331 e. The Bertz CT molecular complexity index is 888. The molecule has 0 spiro atoms. The van der Waals surface area contributed by atoms with Crippen LogP contribution in [-0.2, 0) is 14.3 Å². The zero-order valence-corrected chi connectivity index (χ0v) is 15.0. The maximum absolute atomic E-state index is 12.2. The van der Waals surface area contributed by atoms with Gasteiger partial charge in [0.2, 0.25) is 0 Å². The van der Waals surface area contributed by atoms with Crippen molar-refractivity contribution in [2.75, 3.05) is 11.9 Å². The summed E-state index contributed by atoms with van der Waals surface area (Å²) in [7, 11) is 0. The molecule has 28 heavy (non-hydrogen) atoms. The Morgan fingerprint density at radius 1 is 1.18 bits per heavy atom. The number of amides is 1. The lowest BCUT2D eigenvalue weighted by Crippen LogP contribution is -2.20. The zero-order valence-electron chi connectivity index (χ0n) is 14.2. The summed E-state index contributed by atoms with van der Waals surface area (Å²) in [4.78, 5) is 34.1. The van der Waals surface area contributed by atoms with Crippen molar-refractivity contribution in [2.24, 2.45) is 0 Å². The van der Waals surface area contributed by atoms with Crippen LogP contribution in [0.5, 0.6) is 0 Å². The molecule has 0 aliphatic carbocycles. The third-order valence-electron chi connectivity index (χ3n) is 3.24. The molecule has 0 aromatic heterocycles. The van der Waals surface area contributed by atoms with Gasteiger partial charge in [0.05, 0.1) is 10.5 Å². The summed E-state index contributed by atoms with van der Waals surface area (Å²) in [5, 5.41) is 13.3. The molecule has 1 amide bonds. The van der Waals surface area contributed by atoms with Gasteiger partial charge in [0.1, 0.15) is 0 Å². The van der Waals surface area contributed by atoms with Gasteiger partial charge in [-0.25, -0.2) is 4.79 Å². The Balaban J connectivity index is 1.84. The molecule has 2 rings (SSSR count). The molecule has 0 heterocycles. The molecule has 0 atom stereocenters. The van der Waals surface area contributed by atoms with Crippen molar-refractivity contribution in [3.8, 4) is 0 Å². The number of nitrogens with one attached hydrogen (secondary N) is 1. The van der Waals surface area contributed by atoms with Gasteiger partial charge < -0.3 is 10.1 Å². The Morgan fingerprint density at radius 3 is 2.50 bits per heavy atom. The molecule has 0 fully saturated rings. The minimum atomic E-state index is -2.54. The first kappa shape index (κ1) is 21.0. The highest BCUT2D eigenvalue weighted by molar-refractivity contribution is 7.99. The van der Waals surface area contributed by atoms with Crippen LogP contribution in [0.4, 0.5) is 20.2 Å². The average molecular weight is 408 g/mol. The molecule has 0 bridgehead atoms. The smallest absolute Gasteiger partial charge is 0.331 e. The Morgan fingerprint density at radius 2 is 1.86 bits per heavy atom. The highest BCUT2D eigenvalue weighted by atomic mass is 32.2. The molecular formula is C18H14F2N2O5S. The summed E-state index contributed by atoms with van der Waals surface area (Å²) in [5.41, 5.74) is 0.406. The lowest BCUT2D eigenvalue weighted by Gasteiger charge is -2.06. The minimum absolute atomic E-state index is 0.169. The van der Waals surface area contributed by atoms with Crippen LogP contribution in [0.3, 0.4) is 0 Å². The molecule has 0 aliphatic heterocycles. The largest absolute Gasteiger partial charge is 0.452 e. The van der Waals surface area contributed by atoms with Gasteiger partial charge in [-0.1, -0.05) is 23.9 Å². The molecule has 2 aromatic rings. The second-order valence-electron chi connectivity index (χ2n) is 5.21. The van der Waals surface area contributed by atoms with Crippen molar-refractivity contribution in [3.05, 3.63) is 70.3 Å². The van der Waals surface area contributed by atoms with Crippen molar-refractivity contribution in [1.29, 1.82) is 0 Å².